The number of aromatic nitrogens is 2. The Morgan fingerprint density at radius 1 is 1.23 bits per heavy atom. The summed E-state index contributed by atoms with van der Waals surface area (Å²) >= 11 is 0. The molecule has 35 heavy (non-hydrogen) atoms. The summed E-state index contributed by atoms with van der Waals surface area (Å²) in [5.41, 5.74) is 0.0221. The van der Waals surface area contributed by atoms with Crippen LogP contribution in [0.5, 0.6) is 5.88 Å². The number of ether oxygens (including phenoxy) is 2. The zero-order chi connectivity index (χ0) is 24.2. The molecule has 4 atom stereocenters. The van der Waals surface area contributed by atoms with Gasteiger partial charge in [-0.2, -0.15) is 0 Å². The molecule has 2 saturated heterocycles. The van der Waals surface area contributed by atoms with Crippen LogP contribution in [0, 0.1) is 30.0 Å². The van der Waals surface area contributed by atoms with Crippen LogP contribution in [-0.2, 0) is 10.3 Å². The van der Waals surface area contributed by atoms with Crippen molar-refractivity contribution in [2.75, 3.05) is 31.1 Å². The van der Waals surface area contributed by atoms with Gasteiger partial charge in [0.1, 0.15) is 30.2 Å². The van der Waals surface area contributed by atoms with Gasteiger partial charge in [-0.15, -0.1) is 0 Å². The number of benzene rings is 1. The number of rotatable bonds is 6. The second-order valence-electron chi connectivity index (χ2n) is 8.79. The lowest BCUT2D eigenvalue weighted by Gasteiger charge is -2.15. The highest BCUT2D eigenvalue weighted by Crippen LogP contribution is 2.62. The molecule has 2 aromatic heterocycles. The van der Waals surface area contributed by atoms with Crippen molar-refractivity contribution in [3.05, 3.63) is 71.5 Å². The molecule has 4 heterocycles. The van der Waals surface area contributed by atoms with Crippen LogP contribution in [0.3, 0.4) is 0 Å². The van der Waals surface area contributed by atoms with E-state index in [9.17, 15) is 4.79 Å². The average molecular weight is 479 g/mol. The van der Waals surface area contributed by atoms with Crippen molar-refractivity contribution in [2.24, 2.45) is 11.8 Å². The summed E-state index contributed by atoms with van der Waals surface area (Å²) in [6, 6.07) is 6.95. The van der Waals surface area contributed by atoms with Crippen LogP contribution in [0.2, 0.25) is 0 Å². The minimum Gasteiger partial charge on any atom is -0.471 e. The van der Waals surface area contributed by atoms with Gasteiger partial charge in [-0.3, -0.25) is 9.88 Å². The number of nitrogens with zero attached hydrogens (tertiary/aromatic N) is 4. The number of halogens is 2. The van der Waals surface area contributed by atoms with Crippen LogP contribution in [0.15, 0.2) is 47.3 Å². The van der Waals surface area contributed by atoms with Gasteiger partial charge in [-0.25, -0.2) is 20.1 Å². The Bertz CT molecular complexity index is 1290. The molecule has 3 fully saturated rings. The number of pyridine rings is 1. The fraction of sp³-hybridized carbons (Fsp3) is 0.333. The van der Waals surface area contributed by atoms with Crippen molar-refractivity contribution in [2.45, 2.75) is 11.6 Å². The fourth-order valence-corrected chi connectivity index (χ4v) is 5.16. The number of carbonyl (C=O) groups is 1. The van der Waals surface area contributed by atoms with Crippen LogP contribution in [0.1, 0.15) is 5.69 Å². The maximum atomic E-state index is 15.1. The Morgan fingerprint density at radius 3 is 2.63 bits per heavy atom. The van der Waals surface area contributed by atoms with Gasteiger partial charge in [0.15, 0.2) is 6.10 Å². The number of hydrogen-bond acceptors (Lipinski definition) is 7. The molecule has 2 aliphatic heterocycles. The summed E-state index contributed by atoms with van der Waals surface area (Å²) in [4.78, 5) is 21.7. The molecular weight excluding hydrogens is 460 g/mol. The molecule has 0 bridgehead atoms. The zero-order valence-corrected chi connectivity index (χ0v) is 18.3. The van der Waals surface area contributed by atoms with E-state index in [1.807, 2.05) is 0 Å². The lowest BCUT2D eigenvalue weighted by Crippen LogP contribution is -2.27. The first-order valence-electron chi connectivity index (χ1n) is 11.1. The van der Waals surface area contributed by atoms with E-state index in [1.165, 1.54) is 18.5 Å². The Hall–Kier alpha value is -4.04. The zero-order valence-electron chi connectivity index (χ0n) is 18.3. The van der Waals surface area contributed by atoms with Gasteiger partial charge in [0.25, 0.3) is 11.4 Å². The third-order valence-corrected chi connectivity index (χ3v) is 6.93. The van der Waals surface area contributed by atoms with Gasteiger partial charge in [0, 0.05) is 30.9 Å². The highest BCUT2D eigenvalue weighted by molar-refractivity contribution is 5.90. The molecule has 3 aromatic rings. The quantitative estimate of drug-likeness (QED) is 0.542. The number of fused-ring (bicyclic) bond motifs is 1. The van der Waals surface area contributed by atoms with E-state index in [0.29, 0.717) is 5.69 Å². The maximum Gasteiger partial charge on any atom is 0.414 e. The molecular formula is C24H19F2N5O4. The molecule has 11 heteroatoms. The first-order chi connectivity index (χ1) is 17.0. The van der Waals surface area contributed by atoms with Crippen LogP contribution >= 0.6 is 0 Å². The van der Waals surface area contributed by atoms with Crippen molar-refractivity contribution in [3.8, 4) is 17.0 Å². The predicted molar refractivity (Wildman–Crippen MR) is 117 cm³/mol. The summed E-state index contributed by atoms with van der Waals surface area (Å²) in [5.74, 6) is -0.994. The van der Waals surface area contributed by atoms with Crippen molar-refractivity contribution in [1.82, 2.24) is 15.5 Å². The molecule has 9 nitrogen and oxygen atoms in total. The molecule has 1 unspecified atom stereocenters. The van der Waals surface area contributed by atoms with E-state index < -0.39 is 29.4 Å². The third kappa shape index (κ3) is 3.40. The van der Waals surface area contributed by atoms with Gasteiger partial charge in [-0.1, -0.05) is 6.07 Å². The minimum atomic E-state index is -0.836. The molecule has 1 amide bonds. The Morgan fingerprint density at radius 2 is 2.00 bits per heavy atom. The molecule has 1 aliphatic carbocycles. The third-order valence-electron chi connectivity index (χ3n) is 6.93. The van der Waals surface area contributed by atoms with Gasteiger partial charge in [-0.05, 0) is 23.4 Å². The first kappa shape index (κ1) is 21.5. The summed E-state index contributed by atoms with van der Waals surface area (Å²) in [6.07, 6.45) is 1.36. The fourth-order valence-electron chi connectivity index (χ4n) is 5.16. The molecule has 6 rings (SSSR count). The molecule has 1 N–H and O–H groups in total. The topological polar surface area (TPSA) is 94.1 Å². The smallest absolute Gasteiger partial charge is 0.414 e. The largest absolute Gasteiger partial charge is 0.471 e. The van der Waals surface area contributed by atoms with Crippen LogP contribution in [-0.4, -0.2) is 48.6 Å². The molecule has 178 valence electrons. The minimum absolute atomic E-state index is 0.0136. The molecule has 3 aliphatic rings. The number of piperidine rings is 1. The summed E-state index contributed by atoms with van der Waals surface area (Å²) < 4.78 is 45.4. The summed E-state index contributed by atoms with van der Waals surface area (Å²) in [5, 5.41) is 6.86. The van der Waals surface area contributed by atoms with Gasteiger partial charge >= 0.3 is 6.09 Å². The average Bonchev–Trinajstić information content (AvgIpc) is 3.38. The summed E-state index contributed by atoms with van der Waals surface area (Å²) in [7, 11) is 0. The van der Waals surface area contributed by atoms with Gasteiger partial charge in [0.2, 0.25) is 0 Å². The second kappa shape index (κ2) is 8.02. The SMILES string of the molecule is [C-]#[N+]C1(c2ccc(-c3c(F)cc(N4C[C@H](COc5ccon5)OC4=O)cc3F)cn2)[C@@H]2CNC[C@@H]21. The highest BCUT2D eigenvalue weighted by atomic mass is 19.1. The van der Waals surface area contributed by atoms with E-state index in [-0.39, 0.29) is 47.7 Å². The number of hydrogen-bond donors (Lipinski definition) is 1. The van der Waals surface area contributed by atoms with Crippen LogP contribution in [0.4, 0.5) is 19.3 Å². The number of carbonyl (C=O) groups excluding carboxylic acids is 1. The number of nitrogens with one attached hydrogen (secondary N) is 1. The standard InChI is InChI=1S/C24H19F2N5O4/c1-27-24(16-9-28-10-17(16)24)20-3-2-13(8-29-20)22-18(25)6-14(7-19(22)26)31-11-15(35-23(31)32)12-33-21-4-5-34-30-21/h2-8,15-17,28H,9-12H2/t15-,16-,17+,24?/m1/s1. The van der Waals surface area contributed by atoms with E-state index in [1.54, 1.807) is 12.1 Å². The lowest BCUT2D eigenvalue weighted by molar-refractivity contribution is 0.102. The highest BCUT2D eigenvalue weighted by Gasteiger charge is 2.76. The Balaban J connectivity index is 1.20. The second-order valence-corrected chi connectivity index (χ2v) is 8.79. The number of anilines is 1. The van der Waals surface area contributed by atoms with Crippen molar-refractivity contribution in [1.29, 1.82) is 0 Å². The molecule has 0 radical (unpaired) electrons. The monoisotopic (exact) mass is 479 g/mol. The number of cyclic esters (lactones) is 1. The first-order valence-corrected chi connectivity index (χ1v) is 11.1. The van der Waals surface area contributed by atoms with Crippen molar-refractivity contribution < 1.29 is 27.6 Å². The Kier molecular flexibility index (Phi) is 4.93. The van der Waals surface area contributed by atoms with Crippen LogP contribution < -0.4 is 15.0 Å². The van der Waals surface area contributed by atoms with E-state index in [2.05, 4.69) is 24.8 Å². The van der Waals surface area contributed by atoms with E-state index >= 15 is 8.78 Å². The van der Waals surface area contributed by atoms with Crippen molar-refractivity contribution >= 4 is 11.8 Å². The maximum absolute atomic E-state index is 15.1. The molecule has 1 aromatic carbocycles. The Labute approximate surface area is 198 Å². The molecule has 1 saturated carbocycles. The van der Waals surface area contributed by atoms with E-state index in [0.717, 1.165) is 30.1 Å². The summed E-state index contributed by atoms with van der Waals surface area (Å²) in [6.45, 7) is 9.28. The lowest BCUT2D eigenvalue weighted by atomic mass is 10.0. The molecule has 0 spiro atoms. The van der Waals surface area contributed by atoms with Gasteiger partial charge in [0.05, 0.1) is 29.6 Å². The van der Waals surface area contributed by atoms with Crippen molar-refractivity contribution in [3.63, 3.8) is 0 Å². The van der Waals surface area contributed by atoms with Gasteiger partial charge < -0.3 is 24.2 Å². The number of amides is 1. The van der Waals surface area contributed by atoms with Crippen LogP contribution in [0.25, 0.3) is 16.0 Å². The predicted octanol–water partition coefficient (Wildman–Crippen LogP) is 3.38. The van der Waals surface area contributed by atoms with E-state index in [4.69, 9.17) is 16.0 Å². The normalized spacial score (nSPS) is 26.8.